The van der Waals surface area contributed by atoms with Crippen molar-refractivity contribution in [3.8, 4) is 0 Å². The number of fused-ring (bicyclic) bond motifs is 1. The van der Waals surface area contributed by atoms with Crippen LogP contribution in [0.4, 0.5) is 0 Å². The van der Waals surface area contributed by atoms with Crippen molar-refractivity contribution in [1.29, 1.82) is 0 Å². The van der Waals surface area contributed by atoms with Gasteiger partial charge >= 0.3 is 0 Å². The molecular formula is C27H50. The summed E-state index contributed by atoms with van der Waals surface area (Å²) in [6, 6.07) is 0. The van der Waals surface area contributed by atoms with Crippen LogP contribution in [0.3, 0.4) is 0 Å². The molecule has 0 radical (unpaired) electrons. The van der Waals surface area contributed by atoms with Gasteiger partial charge in [-0.25, -0.2) is 0 Å². The van der Waals surface area contributed by atoms with Gasteiger partial charge in [0.05, 0.1) is 0 Å². The maximum absolute atomic E-state index is 3.63. The molecule has 2 fully saturated rings. The summed E-state index contributed by atoms with van der Waals surface area (Å²) in [5.41, 5.74) is 2.81. The molecule has 0 heteroatoms. The highest BCUT2D eigenvalue weighted by molar-refractivity contribution is 5.20. The largest absolute Gasteiger partial charge is 0.103 e. The van der Waals surface area contributed by atoms with Crippen LogP contribution >= 0.6 is 0 Å². The van der Waals surface area contributed by atoms with Crippen molar-refractivity contribution < 1.29 is 0 Å². The minimum Gasteiger partial charge on any atom is -0.103 e. The molecule has 0 saturated heterocycles. The molecule has 0 aromatic rings. The Morgan fingerprint density at radius 3 is 2.19 bits per heavy atom. The lowest BCUT2D eigenvalue weighted by molar-refractivity contribution is 0.0952. The predicted octanol–water partition coefficient (Wildman–Crippen LogP) is 9.08. The Morgan fingerprint density at radius 2 is 1.74 bits per heavy atom. The van der Waals surface area contributed by atoms with Crippen LogP contribution in [-0.4, -0.2) is 0 Å². The first kappa shape index (κ1) is 24.5. The van der Waals surface area contributed by atoms with E-state index in [0.29, 0.717) is 22.7 Å². The van der Waals surface area contributed by atoms with E-state index in [1.54, 1.807) is 0 Å². The smallest absolute Gasteiger partial charge is 0.0146 e. The average molecular weight is 375 g/mol. The molecule has 27 heavy (non-hydrogen) atoms. The molecule has 2 saturated carbocycles. The maximum atomic E-state index is 3.63. The molecule has 0 amide bonds. The number of allylic oxidation sites excluding steroid dienone is 3. The van der Waals surface area contributed by atoms with Gasteiger partial charge in [-0.1, -0.05) is 92.9 Å². The minimum atomic E-state index is 0.398. The van der Waals surface area contributed by atoms with Gasteiger partial charge in [0, 0.05) is 0 Å². The Bertz CT molecular complexity index is 477. The van der Waals surface area contributed by atoms with Crippen molar-refractivity contribution in [2.75, 3.05) is 0 Å². The Balaban J connectivity index is 0.000000527. The van der Waals surface area contributed by atoms with E-state index in [-0.39, 0.29) is 0 Å². The van der Waals surface area contributed by atoms with E-state index in [4.69, 9.17) is 0 Å². The molecule has 158 valence electrons. The topological polar surface area (TPSA) is 0 Å². The van der Waals surface area contributed by atoms with E-state index >= 15 is 0 Å². The van der Waals surface area contributed by atoms with Gasteiger partial charge in [-0.2, -0.15) is 0 Å². The van der Waals surface area contributed by atoms with Crippen LogP contribution in [0.1, 0.15) is 107 Å². The molecule has 2 aliphatic rings. The molecule has 2 rings (SSSR count). The highest BCUT2D eigenvalue weighted by Crippen LogP contribution is 2.60. The maximum Gasteiger partial charge on any atom is -0.0146 e. The summed E-state index contributed by atoms with van der Waals surface area (Å²) in [6.07, 6.45) is 14.4. The van der Waals surface area contributed by atoms with Crippen molar-refractivity contribution >= 4 is 0 Å². The highest BCUT2D eigenvalue weighted by atomic mass is 14.5. The first-order valence-corrected chi connectivity index (χ1v) is 11.8. The molecule has 0 spiro atoms. The van der Waals surface area contributed by atoms with E-state index in [0.717, 1.165) is 17.8 Å². The summed E-state index contributed by atoms with van der Waals surface area (Å²) in [5, 5.41) is 0. The lowest BCUT2D eigenvalue weighted by Crippen LogP contribution is -2.36. The van der Waals surface area contributed by atoms with Gasteiger partial charge in [0.2, 0.25) is 0 Å². The van der Waals surface area contributed by atoms with Gasteiger partial charge in [0.15, 0.2) is 0 Å². The first-order chi connectivity index (χ1) is 12.5. The molecule has 2 aliphatic carbocycles. The molecule has 0 aliphatic heterocycles. The second kappa shape index (κ2) is 10.3. The zero-order valence-electron chi connectivity index (χ0n) is 20.2. The van der Waals surface area contributed by atoms with Gasteiger partial charge in [0.25, 0.3) is 0 Å². The van der Waals surface area contributed by atoms with Crippen molar-refractivity contribution in [2.45, 2.75) is 107 Å². The lowest BCUT2D eigenvalue weighted by Gasteiger charge is -2.45. The summed E-state index contributed by atoms with van der Waals surface area (Å²) in [6.45, 7) is 25.0. The van der Waals surface area contributed by atoms with Crippen LogP contribution in [0.2, 0.25) is 0 Å². The zero-order valence-corrected chi connectivity index (χ0v) is 20.2. The molecule has 0 N–H and O–H groups in total. The van der Waals surface area contributed by atoms with E-state index in [2.05, 4.69) is 75.0 Å². The molecule has 0 aromatic carbocycles. The second-order valence-corrected chi connectivity index (χ2v) is 11.0. The zero-order chi connectivity index (χ0) is 20.8. The van der Waals surface area contributed by atoms with Crippen LogP contribution in [0.25, 0.3) is 0 Å². The standard InChI is InChI=1S/C21H38.C6H12/c1-8-15(2)18-11-12-19-17(10-9-13-21(18,19)7)14-16(3)20(4,5)6;1-4-6(3)5-2/h14-16,18-19H,8-13H2,1-7H3;4,6H,1,5H2,2-3H3/b17-14+;. The fourth-order valence-corrected chi connectivity index (χ4v) is 5.24. The normalized spacial score (nSPS) is 32.9. The van der Waals surface area contributed by atoms with Crippen LogP contribution in [0, 0.1) is 40.4 Å². The molecule has 0 nitrogen and oxygen atoms in total. The van der Waals surface area contributed by atoms with E-state index < -0.39 is 0 Å². The Hall–Kier alpha value is -0.520. The highest BCUT2D eigenvalue weighted by Gasteiger charge is 2.50. The third kappa shape index (κ3) is 6.23. The predicted molar refractivity (Wildman–Crippen MR) is 124 cm³/mol. The van der Waals surface area contributed by atoms with Gasteiger partial charge in [-0.15, -0.1) is 6.58 Å². The first-order valence-electron chi connectivity index (χ1n) is 11.8. The molecule has 6 atom stereocenters. The quantitative estimate of drug-likeness (QED) is 0.421. The molecule has 0 heterocycles. The van der Waals surface area contributed by atoms with Gasteiger partial charge < -0.3 is 0 Å². The summed E-state index contributed by atoms with van der Waals surface area (Å²) < 4.78 is 0. The summed E-state index contributed by atoms with van der Waals surface area (Å²) in [4.78, 5) is 0. The monoisotopic (exact) mass is 374 g/mol. The summed E-state index contributed by atoms with van der Waals surface area (Å²) in [5.74, 6) is 4.14. The van der Waals surface area contributed by atoms with Crippen LogP contribution in [0.5, 0.6) is 0 Å². The van der Waals surface area contributed by atoms with Crippen molar-refractivity contribution in [2.24, 2.45) is 40.4 Å². The third-order valence-corrected chi connectivity index (χ3v) is 8.25. The van der Waals surface area contributed by atoms with Crippen LogP contribution < -0.4 is 0 Å². The SMILES string of the molecule is C=CC(C)CC.CCC(C)C1CCC2/C(=C/C(C)C(C)(C)C)CCCC21C. The van der Waals surface area contributed by atoms with Crippen molar-refractivity contribution in [3.05, 3.63) is 24.3 Å². The Labute approximate surface area is 172 Å². The molecule has 0 bridgehead atoms. The number of rotatable bonds is 5. The number of hydrogen-bond donors (Lipinski definition) is 0. The average Bonchev–Trinajstić information content (AvgIpc) is 2.98. The van der Waals surface area contributed by atoms with Gasteiger partial charge in [0.1, 0.15) is 0 Å². The number of hydrogen-bond acceptors (Lipinski definition) is 0. The van der Waals surface area contributed by atoms with Gasteiger partial charge in [-0.05, 0) is 72.5 Å². The lowest BCUT2D eigenvalue weighted by atomic mass is 9.60. The molecule has 6 unspecified atom stereocenters. The van der Waals surface area contributed by atoms with Crippen LogP contribution in [-0.2, 0) is 0 Å². The van der Waals surface area contributed by atoms with Crippen molar-refractivity contribution in [1.82, 2.24) is 0 Å². The molecular weight excluding hydrogens is 324 g/mol. The summed E-state index contributed by atoms with van der Waals surface area (Å²) >= 11 is 0. The second-order valence-electron chi connectivity index (χ2n) is 11.0. The van der Waals surface area contributed by atoms with E-state index in [1.165, 1.54) is 44.9 Å². The van der Waals surface area contributed by atoms with E-state index in [9.17, 15) is 0 Å². The van der Waals surface area contributed by atoms with Crippen molar-refractivity contribution in [3.63, 3.8) is 0 Å². The van der Waals surface area contributed by atoms with Gasteiger partial charge in [-0.3, -0.25) is 0 Å². The van der Waals surface area contributed by atoms with Crippen LogP contribution in [0.15, 0.2) is 24.3 Å². The Kier molecular flexibility index (Phi) is 9.36. The third-order valence-electron chi connectivity index (χ3n) is 8.25. The fourth-order valence-electron chi connectivity index (χ4n) is 5.24. The molecule has 0 aromatic heterocycles. The van der Waals surface area contributed by atoms with E-state index in [1.807, 2.05) is 11.6 Å². The summed E-state index contributed by atoms with van der Waals surface area (Å²) in [7, 11) is 0. The Morgan fingerprint density at radius 1 is 1.11 bits per heavy atom. The minimum absolute atomic E-state index is 0.398. The fraction of sp³-hybridized carbons (Fsp3) is 0.852.